The van der Waals surface area contributed by atoms with Gasteiger partial charge in [-0.15, -0.1) is 22.7 Å². The van der Waals surface area contributed by atoms with Crippen LogP contribution in [0.5, 0.6) is 0 Å². The molecule has 0 aliphatic carbocycles. The van der Waals surface area contributed by atoms with E-state index in [-0.39, 0.29) is 17.7 Å². The minimum Gasteiger partial charge on any atom is -0.376 e. The summed E-state index contributed by atoms with van der Waals surface area (Å²) >= 11 is 3.88. The number of aromatic nitrogens is 1. The van der Waals surface area contributed by atoms with Gasteiger partial charge in [0.05, 0.1) is 16.7 Å². The van der Waals surface area contributed by atoms with E-state index in [0.29, 0.717) is 0 Å². The maximum Gasteiger partial charge on any atom is 0.343 e. The Labute approximate surface area is 382 Å². The lowest BCUT2D eigenvalue weighted by Gasteiger charge is -2.41. The van der Waals surface area contributed by atoms with Gasteiger partial charge in [0.15, 0.2) is 0 Å². The molecule has 6 heteroatoms. The smallest absolute Gasteiger partial charge is 0.343 e. The summed E-state index contributed by atoms with van der Waals surface area (Å²) in [4.78, 5) is 5.07. The number of hydrogen-bond donors (Lipinski definition) is 0. The van der Waals surface area contributed by atoms with Crippen LogP contribution in [0.4, 0.5) is 28.4 Å². The molecule has 13 rings (SSSR count). The lowest BCUT2D eigenvalue weighted by molar-refractivity contribution is 0.590. The number of rotatable bonds is 4. The van der Waals surface area contributed by atoms with E-state index < -0.39 is 0 Å². The Balaban J connectivity index is 1.16. The molecule has 0 saturated heterocycles. The first kappa shape index (κ1) is 37.9. The zero-order chi connectivity index (χ0) is 43.2. The summed E-state index contributed by atoms with van der Waals surface area (Å²) < 4.78 is 8.07. The SMILES string of the molecule is CC(C)(C)c1ccc(N2B3c4sc5ccc(C(C)(C)C)cc5c4-n4c5cc6sc7ccccc7c6cc5c5ccc(c3c54)-c3cc(N(c4ccccc4)c4ccccc4)ccc32)cc1. The lowest BCUT2D eigenvalue weighted by atomic mass is 9.47. The number of anilines is 5. The van der Waals surface area contributed by atoms with Gasteiger partial charge in [0.25, 0.3) is 0 Å². The number of para-hydroxylation sites is 2. The van der Waals surface area contributed by atoms with Crippen molar-refractivity contribution < 1.29 is 0 Å². The molecule has 5 heterocycles. The largest absolute Gasteiger partial charge is 0.376 e. The van der Waals surface area contributed by atoms with Crippen LogP contribution < -0.4 is 20.0 Å². The van der Waals surface area contributed by atoms with Gasteiger partial charge in [0.1, 0.15) is 0 Å². The summed E-state index contributed by atoms with van der Waals surface area (Å²) in [5.74, 6) is 0. The zero-order valence-electron chi connectivity index (χ0n) is 36.9. The van der Waals surface area contributed by atoms with Crippen LogP contribution in [0.25, 0.3) is 68.9 Å². The van der Waals surface area contributed by atoms with Gasteiger partial charge in [-0.25, -0.2) is 0 Å². The topological polar surface area (TPSA) is 11.4 Å². The van der Waals surface area contributed by atoms with Crippen molar-refractivity contribution >= 4 is 120 Å². The Morgan fingerprint density at radius 1 is 0.469 bits per heavy atom. The van der Waals surface area contributed by atoms with Crippen LogP contribution in [0.15, 0.2) is 170 Å². The molecule has 0 atom stereocenters. The van der Waals surface area contributed by atoms with Gasteiger partial charge < -0.3 is 14.3 Å². The Hall–Kier alpha value is -6.60. The quantitative estimate of drug-likeness (QED) is 0.163. The van der Waals surface area contributed by atoms with Crippen molar-refractivity contribution in [2.45, 2.75) is 52.4 Å². The first-order valence-corrected chi connectivity index (χ1v) is 24.1. The highest BCUT2D eigenvalue weighted by Crippen LogP contribution is 2.50. The van der Waals surface area contributed by atoms with Gasteiger partial charge in [0.2, 0.25) is 0 Å². The molecular weight excluding hydrogens is 814 g/mol. The molecule has 2 aliphatic rings. The van der Waals surface area contributed by atoms with Gasteiger partial charge >= 0.3 is 6.85 Å². The van der Waals surface area contributed by atoms with Crippen molar-refractivity contribution in [1.82, 2.24) is 4.57 Å². The second-order valence-electron chi connectivity index (χ2n) is 19.8. The lowest BCUT2D eigenvalue weighted by Crippen LogP contribution is -2.59. The van der Waals surface area contributed by atoms with E-state index in [1.807, 2.05) is 22.7 Å². The molecule has 64 heavy (non-hydrogen) atoms. The van der Waals surface area contributed by atoms with Crippen molar-refractivity contribution in [2.24, 2.45) is 0 Å². The highest BCUT2D eigenvalue weighted by molar-refractivity contribution is 7.32. The first-order valence-electron chi connectivity index (χ1n) is 22.5. The van der Waals surface area contributed by atoms with Crippen LogP contribution in [0.3, 0.4) is 0 Å². The Morgan fingerprint density at radius 3 is 1.86 bits per heavy atom. The Kier molecular flexibility index (Phi) is 7.98. The van der Waals surface area contributed by atoms with E-state index in [9.17, 15) is 0 Å². The predicted octanol–water partition coefficient (Wildman–Crippen LogP) is 15.7. The molecule has 0 saturated carbocycles. The van der Waals surface area contributed by atoms with Gasteiger partial charge in [-0.1, -0.05) is 126 Å². The fourth-order valence-corrected chi connectivity index (χ4v) is 13.1. The molecule has 0 fully saturated rings. The van der Waals surface area contributed by atoms with Gasteiger partial charge in [-0.3, -0.25) is 0 Å². The average molecular weight is 860 g/mol. The predicted molar refractivity (Wildman–Crippen MR) is 280 cm³/mol. The summed E-state index contributed by atoms with van der Waals surface area (Å²) in [6, 6.07) is 64.2. The van der Waals surface area contributed by atoms with Crippen molar-refractivity contribution in [3.63, 3.8) is 0 Å². The summed E-state index contributed by atoms with van der Waals surface area (Å²) in [5.41, 5.74) is 16.4. The molecule has 3 aromatic heterocycles. The molecule has 3 nitrogen and oxygen atoms in total. The molecular formula is C58H46BN3S2. The third kappa shape index (κ3) is 5.45. The number of hydrogen-bond acceptors (Lipinski definition) is 4. The van der Waals surface area contributed by atoms with E-state index >= 15 is 0 Å². The summed E-state index contributed by atoms with van der Waals surface area (Å²) in [7, 11) is 0. The van der Waals surface area contributed by atoms with Crippen molar-refractivity contribution in [2.75, 3.05) is 9.71 Å². The van der Waals surface area contributed by atoms with E-state index in [2.05, 4.69) is 226 Å². The molecule has 11 aromatic rings. The normalized spacial score (nSPS) is 13.4. The van der Waals surface area contributed by atoms with E-state index in [4.69, 9.17) is 0 Å². The average Bonchev–Trinajstić information content (AvgIpc) is 3.97. The molecule has 8 aromatic carbocycles. The molecule has 0 amide bonds. The third-order valence-electron chi connectivity index (χ3n) is 13.9. The van der Waals surface area contributed by atoms with Gasteiger partial charge in [-0.05, 0) is 118 Å². The van der Waals surface area contributed by atoms with E-state index in [0.717, 1.165) is 17.1 Å². The van der Waals surface area contributed by atoms with Crippen LogP contribution in [0, 0.1) is 0 Å². The van der Waals surface area contributed by atoms with Crippen LogP contribution >= 0.6 is 22.7 Å². The van der Waals surface area contributed by atoms with Crippen LogP contribution in [-0.4, -0.2) is 11.4 Å². The summed E-state index contributed by atoms with van der Waals surface area (Å²) in [6.45, 7) is 13.9. The highest BCUT2D eigenvalue weighted by Gasteiger charge is 2.46. The minimum atomic E-state index is -0.0406. The Bertz CT molecular complexity index is 3660. The number of nitrogens with zero attached hydrogens (tertiary/aromatic N) is 3. The van der Waals surface area contributed by atoms with Crippen LogP contribution in [-0.2, 0) is 10.8 Å². The minimum absolute atomic E-state index is 0.00970. The molecule has 308 valence electrons. The first-order chi connectivity index (χ1) is 31.0. The summed E-state index contributed by atoms with van der Waals surface area (Å²) in [6.07, 6.45) is 0. The Morgan fingerprint density at radius 2 is 1.14 bits per heavy atom. The monoisotopic (exact) mass is 859 g/mol. The second kappa shape index (κ2) is 13.5. The molecule has 0 radical (unpaired) electrons. The standard InChI is InChI=1S/C58H46BN3S2/c1-57(2,3)35-21-24-39(25-22-35)62-48-29-26-40(60(37-15-9-7-10-16-37)38-17-11-8-12-18-38)32-44(48)42-27-28-43-45-33-46-41-19-13-14-20-50(41)63-52(46)34-49(45)61-54(43)53(42)59(62)56-55(61)47-31-36(58(4,5)6)23-30-51(47)64-56/h7-34H,1-6H3. The van der Waals surface area contributed by atoms with Crippen molar-refractivity contribution in [1.29, 1.82) is 0 Å². The van der Waals surface area contributed by atoms with Gasteiger partial charge in [0, 0.05) is 79.8 Å². The summed E-state index contributed by atoms with van der Waals surface area (Å²) in [5, 5.41) is 6.63. The molecule has 0 spiro atoms. The molecule has 0 bridgehead atoms. The maximum absolute atomic E-state index is 2.68. The fraction of sp³-hybridized carbons (Fsp3) is 0.138. The van der Waals surface area contributed by atoms with Crippen molar-refractivity contribution in [3.05, 3.63) is 181 Å². The fourth-order valence-electron chi connectivity index (χ4n) is 10.7. The van der Waals surface area contributed by atoms with Crippen LogP contribution in [0.1, 0.15) is 52.7 Å². The third-order valence-corrected chi connectivity index (χ3v) is 16.2. The second-order valence-corrected chi connectivity index (χ2v) is 21.9. The molecule has 0 N–H and O–H groups in total. The molecule has 2 aliphatic heterocycles. The number of fused-ring (bicyclic) bond motifs is 13. The number of thiophene rings is 2. The van der Waals surface area contributed by atoms with Gasteiger partial charge in [-0.2, -0.15) is 0 Å². The number of benzene rings is 8. The van der Waals surface area contributed by atoms with E-state index in [1.165, 1.54) is 102 Å². The molecule has 0 unspecified atom stereocenters. The van der Waals surface area contributed by atoms with E-state index in [1.54, 1.807) is 0 Å². The highest BCUT2D eigenvalue weighted by atomic mass is 32.1. The van der Waals surface area contributed by atoms with Crippen molar-refractivity contribution in [3.8, 4) is 16.8 Å². The maximum atomic E-state index is 2.68. The van der Waals surface area contributed by atoms with Crippen LogP contribution in [0.2, 0.25) is 0 Å². The zero-order valence-corrected chi connectivity index (χ0v) is 38.5.